The third-order valence-electron chi connectivity index (χ3n) is 2.70. The summed E-state index contributed by atoms with van der Waals surface area (Å²) in [6.45, 7) is 5.91. The maximum atomic E-state index is 3.32. The molecule has 1 heteroatoms. The first kappa shape index (κ1) is 5.72. The molecule has 2 aliphatic rings. The number of fused-ring (bicyclic) bond motifs is 1. The van der Waals surface area contributed by atoms with Gasteiger partial charge in [0.2, 0.25) is 0 Å². The van der Waals surface area contributed by atoms with Gasteiger partial charge in [-0.25, -0.2) is 0 Å². The molecule has 1 aliphatic carbocycles. The van der Waals surface area contributed by atoms with Crippen molar-refractivity contribution in [2.75, 3.05) is 6.54 Å². The van der Waals surface area contributed by atoms with Crippen LogP contribution in [-0.4, -0.2) is 6.54 Å². The topological polar surface area (TPSA) is 12.0 Å². The van der Waals surface area contributed by atoms with Crippen LogP contribution in [0.25, 0.3) is 0 Å². The highest BCUT2D eigenvalue weighted by molar-refractivity contribution is 4.95. The van der Waals surface area contributed by atoms with Crippen molar-refractivity contribution < 1.29 is 0 Å². The van der Waals surface area contributed by atoms with E-state index in [1.165, 1.54) is 19.4 Å². The van der Waals surface area contributed by atoms with Crippen molar-refractivity contribution in [1.29, 1.82) is 0 Å². The molecule has 51 valence electrons. The molecule has 1 nitrogen and oxygen atoms in total. The quantitative estimate of drug-likeness (QED) is 0.515. The van der Waals surface area contributed by atoms with Gasteiger partial charge in [0.15, 0.2) is 0 Å². The molecule has 1 saturated carbocycles. The van der Waals surface area contributed by atoms with Crippen molar-refractivity contribution >= 4 is 0 Å². The van der Waals surface area contributed by atoms with Gasteiger partial charge < -0.3 is 5.32 Å². The Hall–Kier alpha value is -0.0400. The summed E-state index contributed by atoms with van der Waals surface area (Å²) in [4.78, 5) is 0. The molecule has 1 unspecified atom stereocenters. The third-order valence-corrected chi connectivity index (χ3v) is 2.70. The van der Waals surface area contributed by atoms with Crippen LogP contribution >= 0.6 is 0 Å². The summed E-state index contributed by atoms with van der Waals surface area (Å²) >= 11 is 0. The second-order valence-corrected chi connectivity index (χ2v) is 3.58. The van der Waals surface area contributed by atoms with Crippen LogP contribution in [0.5, 0.6) is 0 Å². The van der Waals surface area contributed by atoms with E-state index in [9.17, 15) is 0 Å². The molecular weight excluding hydrogens is 110 g/mol. The molecule has 1 N–H and O–H groups in total. The molecule has 0 aromatic carbocycles. The predicted molar refractivity (Wildman–Crippen MR) is 37.7 cm³/mol. The molecular formula is C8H14N. The van der Waals surface area contributed by atoms with Gasteiger partial charge in [0.05, 0.1) is 0 Å². The molecule has 0 amide bonds. The van der Waals surface area contributed by atoms with Gasteiger partial charge >= 0.3 is 0 Å². The van der Waals surface area contributed by atoms with E-state index in [0.29, 0.717) is 0 Å². The lowest BCUT2D eigenvalue weighted by atomic mass is 10.0. The Morgan fingerprint density at radius 3 is 3.11 bits per heavy atom. The average molecular weight is 124 g/mol. The van der Waals surface area contributed by atoms with Gasteiger partial charge in [-0.05, 0) is 37.1 Å². The Bertz CT molecular complexity index is 99.1. The van der Waals surface area contributed by atoms with Gasteiger partial charge in [-0.3, -0.25) is 0 Å². The van der Waals surface area contributed by atoms with Gasteiger partial charge in [-0.1, -0.05) is 6.92 Å². The van der Waals surface area contributed by atoms with Crippen LogP contribution in [0.15, 0.2) is 0 Å². The zero-order valence-electron chi connectivity index (χ0n) is 5.93. The molecule has 1 saturated heterocycles. The molecule has 3 atom stereocenters. The summed E-state index contributed by atoms with van der Waals surface area (Å²) in [5, 5.41) is 3.32. The van der Waals surface area contributed by atoms with Crippen LogP contribution in [0.4, 0.5) is 0 Å². The van der Waals surface area contributed by atoms with E-state index in [0.717, 1.165) is 17.8 Å². The lowest BCUT2D eigenvalue weighted by Gasteiger charge is -2.02. The Balaban J connectivity index is 2.02. The summed E-state index contributed by atoms with van der Waals surface area (Å²) in [5.74, 6) is 2.89. The zero-order chi connectivity index (χ0) is 6.27. The SMILES string of the molecule is CC1C[C@H]2CN[CH][C@H]2C1. The van der Waals surface area contributed by atoms with E-state index in [1.807, 2.05) is 0 Å². The first-order valence-corrected chi connectivity index (χ1v) is 3.93. The number of hydrogen-bond donors (Lipinski definition) is 1. The summed E-state index contributed by atoms with van der Waals surface area (Å²) in [6.07, 6.45) is 2.88. The molecule has 1 radical (unpaired) electrons. The average Bonchev–Trinajstić information content (AvgIpc) is 2.22. The highest BCUT2D eigenvalue weighted by Gasteiger charge is 2.35. The van der Waals surface area contributed by atoms with Crippen molar-refractivity contribution in [3.8, 4) is 0 Å². The van der Waals surface area contributed by atoms with Crippen molar-refractivity contribution in [2.24, 2.45) is 17.8 Å². The molecule has 2 rings (SSSR count). The lowest BCUT2D eigenvalue weighted by molar-refractivity contribution is 0.509. The van der Waals surface area contributed by atoms with E-state index >= 15 is 0 Å². The molecule has 0 spiro atoms. The van der Waals surface area contributed by atoms with Crippen LogP contribution in [0.1, 0.15) is 19.8 Å². The summed E-state index contributed by atoms with van der Waals surface area (Å²) < 4.78 is 0. The fourth-order valence-corrected chi connectivity index (χ4v) is 2.25. The molecule has 0 bridgehead atoms. The Morgan fingerprint density at radius 2 is 2.33 bits per heavy atom. The number of nitrogens with one attached hydrogen (secondary N) is 1. The van der Waals surface area contributed by atoms with E-state index < -0.39 is 0 Å². The Labute approximate surface area is 56.8 Å². The highest BCUT2D eigenvalue weighted by atomic mass is 14.9. The lowest BCUT2D eigenvalue weighted by Crippen LogP contribution is -2.07. The molecule has 1 aliphatic heterocycles. The van der Waals surface area contributed by atoms with Gasteiger partial charge in [0.1, 0.15) is 0 Å². The van der Waals surface area contributed by atoms with E-state index in [1.54, 1.807) is 0 Å². The maximum Gasteiger partial charge on any atom is 0.0255 e. The maximum absolute atomic E-state index is 3.32. The standard InChI is InChI=1S/C8H14N/c1-6-2-7-4-9-5-8(7)3-6/h4,6-9H,2-3,5H2,1H3/t6?,7-,8+/m1/s1. The Morgan fingerprint density at radius 1 is 1.44 bits per heavy atom. The minimum atomic E-state index is 0.917. The highest BCUT2D eigenvalue weighted by Crippen LogP contribution is 2.39. The van der Waals surface area contributed by atoms with E-state index in [-0.39, 0.29) is 0 Å². The molecule has 0 aromatic heterocycles. The van der Waals surface area contributed by atoms with Crippen molar-refractivity contribution in [3.05, 3.63) is 6.54 Å². The fraction of sp³-hybridized carbons (Fsp3) is 0.875. The predicted octanol–water partition coefficient (Wildman–Crippen LogP) is 1.41. The second kappa shape index (κ2) is 1.98. The van der Waals surface area contributed by atoms with Gasteiger partial charge in [-0.2, -0.15) is 0 Å². The van der Waals surface area contributed by atoms with Crippen LogP contribution in [-0.2, 0) is 0 Å². The van der Waals surface area contributed by atoms with Crippen LogP contribution < -0.4 is 5.32 Å². The van der Waals surface area contributed by atoms with Gasteiger partial charge in [0.25, 0.3) is 0 Å². The third kappa shape index (κ3) is 0.877. The van der Waals surface area contributed by atoms with Crippen LogP contribution in [0.3, 0.4) is 0 Å². The monoisotopic (exact) mass is 124 g/mol. The zero-order valence-corrected chi connectivity index (χ0v) is 5.93. The van der Waals surface area contributed by atoms with Crippen molar-refractivity contribution in [1.82, 2.24) is 5.32 Å². The smallest absolute Gasteiger partial charge is 0.0255 e. The minimum Gasteiger partial charge on any atom is -0.312 e. The molecule has 2 fully saturated rings. The Kier molecular flexibility index (Phi) is 1.26. The molecule has 9 heavy (non-hydrogen) atoms. The van der Waals surface area contributed by atoms with Gasteiger partial charge in [-0.15, -0.1) is 0 Å². The first-order valence-electron chi connectivity index (χ1n) is 3.93. The molecule has 1 heterocycles. The molecule has 0 aromatic rings. The largest absolute Gasteiger partial charge is 0.312 e. The van der Waals surface area contributed by atoms with E-state index in [2.05, 4.69) is 18.8 Å². The van der Waals surface area contributed by atoms with Crippen LogP contribution in [0.2, 0.25) is 0 Å². The fourth-order valence-electron chi connectivity index (χ4n) is 2.25. The number of rotatable bonds is 0. The minimum absolute atomic E-state index is 0.917. The van der Waals surface area contributed by atoms with Crippen molar-refractivity contribution in [3.63, 3.8) is 0 Å². The normalized spacial score (nSPS) is 49.7. The summed E-state index contributed by atoms with van der Waals surface area (Å²) in [5.41, 5.74) is 0. The van der Waals surface area contributed by atoms with Gasteiger partial charge in [0, 0.05) is 6.54 Å². The first-order chi connectivity index (χ1) is 4.36. The van der Waals surface area contributed by atoms with E-state index in [4.69, 9.17) is 0 Å². The van der Waals surface area contributed by atoms with Crippen molar-refractivity contribution in [2.45, 2.75) is 19.8 Å². The number of hydrogen-bond acceptors (Lipinski definition) is 1. The summed E-state index contributed by atoms with van der Waals surface area (Å²) in [6, 6.07) is 0. The summed E-state index contributed by atoms with van der Waals surface area (Å²) in [7, 11) is 0. The van der Waals surface area contributed by atoms with Crippen LogP contribution in [0, 0.1) is 24.3 Å². The second-order valence-electron chi connectivity index (χ2n) is 3.58.